The zero-order valence-corrected chi connectivity index (χ0v) is 13.9. The summed E-state index contributed by atoms with van der Waals surface area (Å²) in [5.41, 5.74) is 2.26. The Morgan fingerprint density at radius 1 is 1.17 bits per heavy atom. The average Bonchev–Trinajstić information content (AvgIpc) is 2.90. The van der Waals surface area contributed by atoms with Crippen molar-refractivity contribution in [3.63, 3.8) is 0 Å². The molecule has 1 aromatic rings. The number of aryl methyl sites for hydroxylation is 1. The lowest BCUT2D eigenvalue weighted by Gasteiger charge is -2.35. The van der Waals surface area contributed by atoms with Crippen LogP contribution in [0.4, 0.5) is 4.79 Å². The number of rotatable bonds is 2. The van der Waals surface area contributed by atoms with Gasteiger partial charge in [-0.05, 0) is 12.5 Å². The highest BCUT2D eigenvalue weighted by Crippen LogP contribution is 2.22. The van der Waals surface area contributed by atoms with Crippen molar-refractivity contribution < 1.29 is 19.1 Å². The largest absolute Gasteiger partial charge is 0.462 e. The van der Waals surface area contributed by atoms with Gasteiger partial charge in [0.15, 0.2) is 0 Å². The molecule has 1 aromatic carbocycles. The van der Waals surface area contributed by atoms with Crippen LogP contribution in [0.1, 0.15) is 11.1 Å². The van der Waals surface area contributed by atoms with E-state index in [1.165, 1.54) is 17.6 Å². The van der Waals surface area contributed by atoms with Crippen molar-refractivity contribution in [3.05, 3.63) is 35.4 Å². The lowest BCUT2D eigenvalue weighted by molar-refractivity contribution is -0.159. The van der Waals surface area contributed by atoms with Crippen LogP contribution in [-0.2, 0) is 20.9 Å². The number of nitrogens with zero attached hydrogens (tertiary/aromatic N) is 3. The number of ether oxygens (including phenoxy) is 1. The molecule has 1 atom stereocenters. The zero-order chi connectivity index (χ0) is 17.3. The van der Waals surface area contributed by atoms with Crippen LogP contribution in [0.3, 0.4) is 0 Å². The molecule has 2 aliphatic rings. The van der Waals surface area contributed by atoms with Crippen molar-refractivity contribution in [2.75, 3.05) is 33.3 Å². The fraction of sp³-hybridized carbons (Fsp3) is 0.471. The topological polar surface area (TPSA) is 70.2 Å². The van der Waals surface area contributed by atoms with Gasteiger partial charge < -0.3 is 19.4 Å². The van der Waals surface area contributed by atoms with E-state index in [9.17, 15) is 14.4 Å². The quantitative estimate of drug-likeness (QED) is 0.588. The maximum Gasteiger partial charge on any atom is 0.396 e. The maximum absolute atomic E-state index is 12.5. The standard InChI is InChI=1S/C17H21N3O4/c1-12-3-5-13(6-4-12)9-19-11-14-10-18(15(21)16(22)24-2)7-8-20(14)17(19)23/h3-6,14H,7-11H2,1-2H3/t14-/m1/s1. The number of fused-ring (bicyclic) bond motifs is 1. The molecule has 3 rings (SSSR count). The molecule has 0 aromatic heterocycles. The average molecular weight is 331 g/mol. The van der Waals surface area contributed by atoms with E-state index in [2.05, 4.69) is 4.74 Å². The van der Waals surface area contributed by atoms with Gasteiger partial charge in [0, 0.05) is 32.7 Å². The molecule has 3 amide bonds. The second kappa shape index (κ2) is 6.51. The summed E-state index contributed by atoms with van der Waals surface area (Å²) in [6.45, 7) is 4.29. The number of urea groups is 1. The van der Waals surface area contributed by atoms with Crippen LogP contribution in [0.25, 0.3) is 0 Å². The summed E-state index contributed by atoms with van der Waals surface area (Å²) >= 11 is 0. The van der Waals surface area contributed by atoms with Crippen LogP contribution in [0.15, 0.2) is 24.3 Å². The summed E-state index contributed by atoms with van der Waals surface area (Å²) < 4.78 is 4.49. The number of amides is 3. The third-order valence-electron chi connectivity index (χ3n) is 4.57. The van der Waals surface area contributed by atoms with Gasteiger partial charge in [0.25, 0.3) is 0 Å². The van der Waals surface area contributed by atoms with Crippen molar-refractivity contribution in [2.24, 2.45) is 0 Å². The Bertz CT molecular complexity index is 658. The number of carbonyl (C=O) groups excluding carboxylic acids is 3. The first-order chi connectivity index (χ1) is 11.5. The third kappa shape index (κ3) is 3.06. The number of esters is 1. The second-order valence-corrected chi connectivity index (χ2v) is 6.24. The van der Waals surface area contributed by atoms with Crippen LogP contribution in [0.5, 0.6) is 0 Å². The number of hydrogen-bond acceptors (Lipinski definition) is 4. The Hall–Kier alpha value is -2.57. The highest BCUT2D eigenvalue weighted by atomic mass is 16.5. The summed E-state index contributed by atoms with van der Waals surface area (Å²) in [6, 6.07) is 8.01. The van der Waals surface area contributed by atoms with Gasteiger partial charge in [-0.15, -0.1) is 0 Å². The highest BCUT2D eigenvalue weighted by Gasteiger charge is 2.42. The SMILES string of the molecule is COC(=O)C(=O)N1CCN2C(=O)N(Cc3ccc(C)cc3)C[C@H]2C1. The Kier molecular flexibility index (Phi) is 4.42. The van der Waals surface area contributed by atoms with Crippen LogP contribution >= 0.6 is 0 Å². The van der Waals surface area contributed by atoms with Gasteiger partial charge in [-0.1, -0.05) is 29.8 Å². The highest BCUT2D eigenvalue weighted by molar-refractivity contribution is 6.32. The number of piperazine rings is 1. The molecule has 2 fully saturated rings. The number of benzene rings is 1. The number of methoxy groups -OCH3 is 1. The van der Waals surface area contributed by atoms with Crippen molar-refractivity contribution >= 4 is 17.9 Å². The normalized spacial score (nSPS) is 20.2. The van der Waals surface area contributed by atoms with Crippen molar-refractivity contribution in [2.45, 2.75) is 19.5 Å². The fourth-order valence-electron chi connectivity index (χ4n) is 3.22. The molecular formula is C17H21N3O4. The van der Waals surface area contributed by atoms with Gasteiger partial charge in [0.05, 0.1) is 13.2 Å². The van der Waals surface area contributed by atoms with Crippen molar-refractivity contribution in [3.8, 4) is 0 Å². The van der Waals surface area contributed by atoms with E-state index in [1.807, 2.05) is 31.2 Å². The molecule has 2 aliphatic heterocycles. The van der Waals surface area contributed by atoms with Gasteiger partial charge in [-0.2, -0.15) is 0 Å². The molecule has 0 aliphatic carbocycles. The molecular weight excluding hydrogens is 310 g/mol. The molecule has 7 heteroatoms. The fourth-order valence-corrected chi connectivity index (χ4v) is 3.22. The first-order valence-corrected chi connectivity index (χ1v) is 7.98. The second-order valence-electron chi connectivity index (χ2n) is 6.24. The molecule has 7 nitrogen and oxygen atoms in total. The Labute approximate surface area is 140 Å². The molecule has 0 saturated carbocycles. The molecule has 0 bridgehead atoms. The van der Waals surface area contributed by atoms with E-state index in [1.54, 1.807) is 9.80 Å². The van der Waals surface area contributed by atoms with E-state index in [4.69, 9.17) is 0 Å². The van der Waals surface area contributed by atoms with Crippen molar-refractivity contribution in [1.82, 2.24) is 14.7 Å². The monoisotopic (exact) mass is 331 g/mol. The van der Waals surface area contributed by atoms with E-state index >= 15 is 0 Å². The molecule has 0 N–H and O–H groups in total. The minimum absolute atomic E-state index is 0.00857. The molecule has 0 unspecified atom stereocenters. The smallest absolute Gasteiger partial charge is 0.396 e. The van der Waals surface area contributed by atoms with Crippen LogP contribution < -0.4 is 0 Å². The zero-order valence-electron chi connectivity index (χ0n) is 13.9. The lowest BCUT2D eigenvalue weighted by atomic mass is 10.1. The Morgan fingerprint density at radius 2 is 1.88 bits per heavy atom. The maximum atomic E-state index is 12.5. The van der Waals surface area contributed by atoms with Gasteiger partial charge in [0.1, 0.15) is 0 Å². The van der Waals surface area contributed by atoms with Crippen LogP contribution in [0.2, 0.25) is 0 Å². The predicted octanol–water partition coefficient (Wildman–Crippen LogP) is 0.616. The first-order valence-electron chi connectivity index (χ1n) is 7.98. The number of hydrogen-bond donors (Lipinski definition) is 0. The Balaban J connectivity index is 1.65. The van der Waals surface area contributed by atoms with Gasteiger partial charge in [-0.3, -0.25) is 4.79 Å². The summed E-state index contributed by atoms with van der Waals surface area (Å²) in [4.78, 5) is 40.9. The summed E-state index contributed by atoms with van der Waals surface area (Å²) in [6.07, 6.45) is 0. The summed E-state index contributed by atoms with van der Waals surface area (Å²) in [7, 11) is 1.19. The molecule has 24 heavy (non-hydrogen) atoms. The van der Waals surface area contributed by atoms with E-state index in [0.717, 1.165) is 5.56 Å². The Morgan fingerprint density at radius 3 is 2.54 bits per heavy atom. The molecule has 2 heterocycles. The summed E-state index contributed by atoms with van der Waals surface area (Å²) in [5.74, 6) is -1.49. The van der Waals surface area contributed by atoms with Gasteiger partial charge >= 0.3 is 17.9 Å². The predicted molar refractivity (Wildman–Crippen MR) is 86.1 cm³/mol. The van der Waals surface area contributed by atoms with Crippen LogP contribution in [-0.4, -0.2) is 71.9 Å². The van der Waals surface area contributed by atoms with Crippen molar-refractivity contribution in [1.29, 1.82) is 0 Å². The molecule has 0 radical (unpaired) electrons. The third-order valence-corrected chi connectivity index (χ3v) is 4.57. The van der Waals surface area contributed by atoms with Crippen LogP contribution in [0, 0.1) is 6.92 Å². The lowest BCUT2D eigenvalue weighted by Crippen LogP contribution is -2.55. The minimum atomic E-state index is -0.857. The van der Waals surface area contributed by atoms with E-state index in [0.29, 0.717) is 32.7 Å². The van der Waals surface area contributed by atoms with Gasteiger partial charge in [-0.25, -0.2) is 9.59 Å². The summed E-state index contributed by atoms with van der Waals surface area (Å²) in [5, 5.41) is 0. The van der Waals surface area contributed by atoms with Gasteiger partial charge in [0.2, 0.25) is 0 Å². The number of carbonyl (C=O) groups is 3. The molecule has 128 valence electrons. The van der Waals surface area contributed by atoms with E-state index < -0.39 is 11.9 Å². The first kappa shape index (κ1) is 16.3. The minimum Gasteiger partial charge on any atom is -0.462 e. The molecule has 2 saturated heterocycles. The van der Waals surface area contributed by atoms with E-state index in [-0.39, 0.29) is 12.1 Å². The molecule has 0 spiro atoms.